The summed E-state index contributed by atoms with van der Waals surface area (Å²) in [6.07, 6.45) is 4.24. The number of fused-ring (bicyclic) bond motifs is 1. The Hall–Kier alpha value is -2.90. The predicted molar refractivity (Wildman–Crippen MR) is 103 cm³/mol. The first-order chi connectivity index (χ1) is 13.2. The summed E-state index contributed by atoms with van der Waals surface area (Å²) in [4.78, 5) is 33.9. The molecule has 1 aliphatic rings. The topological polar surface area (TPSA) is 96.4 Å². The van der Waals surface area contributed by atoms with Gasteiger partial charge in [0.25, 0.3) is 5.91 Å². The highest BCUT2D eigenvalue weighted by atomic mass is 16.6. The van der Waals surface area contributed by atoms with E-state index in [1.54, 1.807) is 6.20 Å². The van der Waals surface area contributed by atoms with Gasteiger partial charge in [-0.2, -0.15) is 0 Å². The van der Waals surface area contributed by atoms with Crippen molar-refractivity contribution in [3.05, 3.63) is 30.5 Å². The van der Waals surface area contributed by atoms with Gasteiger partial charge in [-0.25, -0.2) is 9.78 Å². The zero-order chi connectivity index (χ0) is 19.1. The minimum Gasteiger partial charge on any atom is -0.439 e. The molecule has 0 aliphatic carbocycles. The SMILES string of the molecule is CNC(=O)COC(=O)NCCC1CCN(c2ccc3ncccc3n2)CC1. The van der Waals surface area contributed by atoms with Gasteiger partial charge in [0.1, 0.15) is 5.82 Å². The van der Waals surface area contributed by atoms with Crippen LogP contribution in [-0.2, 0) is 9.53 Å². The molecule has 2 aromatic rings. The number of hydrogen-bond acceptors (Lipinski definition) is 6. The Labute approximate surface area is 158 Å². The highest BCUT2D eigenvalue weighted by molar-refractivity contribution is 5.79. The molecule has 0 radical (unpaired) electrons. The minimum absolute atomic E-state index is 0.255. The maximum atomic E-state index is 11.5. The second-order valence-corrected chi connectivity index (χ2v) is 6.61. The number of anilines is 1. The van der Waals surface area contributed by atoms with Gasteiger partial charge < -0.3 is 20.3 Å². The van der Waals surface area contributed by atoms with E-state index in [-0.39, 0.29) is 12.5 Å². The second-order valence-electron chi connectivity index (χ2n) is 6.61. The van der Waals surface area contributed by atoms with Crippen molar-refractivity contribution in [3.63, 3.8) is 0 Å². The molecule has 0 aromatic carbocycles. The number of carbonyl (C=O) groups excluding carboxylic acids is 2. The third-order valence-corrected chi connectivity index (χ3v) is 4.82. The Morgan fingerprint density at radius 1 is 1.22 bits per heavy atom. The van der Waals surface area contributed by atoms with Crippen molar-refractivity contribution in [3.8, 4) is 0 Å². The van der Waals surface area contributed by atoms with E-state index in [4.69, 9.17) is 9.72 Å². The second kappa shape index (κ2) is 9.16. The first kappa shape index (κ1) is 18.9. The van der Waals surface area contributed by atoms with Crippen LogP contribution in [0.4, 0.5) is 10.6 Å². The van der Waals surface area contributed by atoms with E-state index in [1.807, 2.05) is 24.3 Å². The molecule has 2 N–H and O–H groups in total. The van der Waals surface area contributed by atoms with Crippen LogP contribution in [0.15, 0.2) is 30.5 Å². The number of piperidine rings is 1. The summed E-state index contributed by atoms with van der Waals surface area (Å²) in [5.74, 6) is 1.23. The molecule has 144 valence electrons. The van der Waals surface area contributed by atoms with Crippen LogP contribution in [0, 0.1) is 5.92 Å². The molecule has 8 heteroatoms. The largest absolute Gasteiger partial charge is 0.439 e. The van der Waals surface area contributed by atoms with Gasteiger partial charge >= 0.3 is 6.09 Å². The van der Waals surface area contributed by atoms with Crippen molar-refractivity contribution in [1.82, 2.24) is 20.6 Å². The van der Waals surface area contributed by atoms with Crippen molar-refractivity contribution < 1.29 is 14.3 Å². The minimum atomic E-state index is -0.551. The fraction of sp³-hybridized carbons (Fsp3) is 0.474. The summed E-state index contributed by atoms with van der Waals surface area (Å²) in [6, 6.07) is 7.92. The first-order valence-electron chi connectivity index (χ1n) is 9.23. The lowest BCUT2D eigenvalue weighted by Crippen LogP contribution is -2.36. The standard InChI is InChI=1S/C19H25N5O3/c1-20-18(25)13-27-19(26)22-10-6-14-7-11-24(12-8-14)17-5-4-15-16(23-17)3-2-9-21-15/h2-5,9,14H,6-8,10-13H2,1H3,(H,20,25)(H,22,26). The summed E-state index contributed by atoms with van der Waals surface area (Å²) in [6.45, 7) is 2.20. The first-order valence-corrected chi connectivity index (χ1v) is 9.23. The predicted octanol–water partition coefficient (Wildman–Crippen LogP) is 1.71. The van der Waals surface area contributed by atoms with Crippen molar-refractivity contribution >= 4 is 28.9 Å². The van der Waals surface area contributed by atoms with Gasteiger partial charge in [0, 0.05) is 32.9 Å². The summed E-state index contributed by atoms with van der Waals surface area (Å²) in [5.41, 5.74) is 1.82. The van der Waals surface area contributed by atoms with Gasteiger partial charge in [0.15, 0.2) is 6.61 Å². The molecule has 0 unspecified atom stereocenters. The number of pyridine rings is 2. The van der Waals surface area contributed by atoms with Gasteiger partial charge in [-0.05, 0) is 49.4 Å². The van der Waals surface area contributed by atoms with Crippen LogP contribution in [0.2, 0.25) is 0 Å². The Kier molecular flexibility index (Phi) is 6.40. The molecule has 0 saturated carbocycles. The maximum absolute atomic E-state index is 11.5. The molecule has 0 spiro atoms. The molecule has 3 heterocycles. The maximum Gasteiger partial charge on any atom is 0.407 e. The van der Waals surface area contributed by atoms with Crippen LogP contribution in [0.25, 0.3) is 11.0 Å². The van der Waals surface area contributed by atoms with Gasteiger partial charge in [-0.3, -0.25) is 9.78 Å². The van der Waals surface area contributed by atoms with Crippen molar-refractivity contribution in [2.75, 3.05) is 38.2 Å². The van der Waals surface area contributed by atoms with E-state index >= 15 is 0 Å². The van der Waals surface area contributed by atoms with Gasteiger partial charge in [0.05, 0.1) is 11.0 Å². The fourth-order valence-electron chi connectivity index (χ4n) is 3.21. The van der Waals surface area contributed by atoms with Crippen LogP contribution in [-0.4, -0.2) is 55.3 Å². The van der Waals surface area contributed by atoms with Crippen LogP contribution < -0.4 is 15.5 Å². The highest BCUT2D eigenvalue weighted by Crippen LogP contribution is 2.25. The van der Waals surface area contributed by atoms with E-state index in [0.29, 0.717) is 12.5 Å². The summed E-state index contributed by atoms with van der Waals surface area (Å²) in [7, 11) is 1.50. The van der Waals surface area contributed by atoms with E-state index in [1.165, 1.54) is 7.05 Å². The van der Waals surface area contributed by atoms with Crippen LogP contribution in [0.5, 0.6) is 0 Å². The van der Waals surface area contributed by atoms with Crippen molar-refractivity contribution in [2.24, 2.45) is 5.92 Å². The zero-order valence-electron chi connectivity index (χ0n) is 15.5. The van der Waals surface area contributed by atoms with Gasteiger partial charge in [0.2, 0.25) is 0 Å². The Balaban J connectivity index is 1.39. The molecular weight excluding hydrogens is 346 g/mol. The summed E-state index contributed by atoms with van der Waals surface area (Å²) < 4.78 is 4.81. The smallest absolute Gasteiger partial charge is 0.407 e. The lowest BCUT2D eigenvalue weighted by Gasteiger charge is -2.33. The zero-order valence-corrected chi connectivity index (χ0v) is 15.5. The van der Waals surface area contributed by atoms with Crippen LogP contribution >= 0.6 is 0 Å². The van der Waals surface area contributed by atoms with Gasteiger partial charge in [-0.15, -0.1) is 0 Å². The molecule has 3 rings (SSSR count). The normalized spacial score (nSPS) is 14.8. The number of nitrogens with zero attached hydrogens (tertiary/aromatic N) is 3. The molecular formula is C19H25N5O3. The molecule has 0 atom stereocenters. The average Bonchev–Trinajstić information content (AvgIpc) is 2.72. The lowest BCUT2D eigenvalue weighted by atomic mass is 9.93. The molecule has 0 bridgehead atoms. The Morgan fingerprint density at radius 3 is 2.81 bits per heavy atom. The van der Waals surface area contributed by atoms with Crippen LogP contribution in [0.1, 0.15) is 19.3 Å². The van der Waals surface area contributed by atoms with Crippen molar-refractivity contribution in [2.45, 2.75) is 19.3 Å². The molecule has 1 saturated heterocycles. The molecule has 1 aliphatic heterocycles. The lowest BCUT2D eigenvalue weighted by molar-refractivity contribution is -0.123. The Morgan fingerprint density at radius 2 is 2.04 bits per heavy atom. The van der Waals surface area contributed by atoms with Crippen LogP contribution in [0.3, 0.4) is 0 Å². The van der Waals surface area contributed by atoms with E-state index in [0.717, 1.165) is 49.2 Å². The Bertz CT molecular complexity index is 790. The average molecular weight is 371 g/mol. The molecule has 2 amide bonds. The quantitative estimate of drug-likeness (QED) is 0.802. The van der Waals surface area contributed by atoms with E-state index in [2.05, 4.69) is 20.5 Å². The number of rotatable bonds is 6. The molecule has 27 heavy (non-hydrogen) atoms. The number of amides is 2. The number of likely N-dealkylation sites (N-methyl/N-ethyl adjacent to an activating group) is 1. The van der Waals surface area contributed by atoms with E-state index in [9.17, 15) is 9.59 Å². The summed E-state index contributed by atoms with van der Waals surface area (Å²) >= 11 is 0. The highest BCUT2D eigenvalue weighted by Gasteiger charge is 2.20. The van der Waals surface area contributed by atoms with Gasteiger partial charge in [-0.1, -0.05) is 0 Å². The molecule has 1 fully saturated rings. The number of aromatic nitrogens is 2. The number of nitrogens with one attached hydrogen (secondary N) is 2. The van der Waals surface area contributed by atoms with Crippen molar-refractivity contribution in [1.29, 1.82) is 0 Å². The number of alkyl carbamates (subject to hydrolysis) is 1. The number of hydrogen-bond donors (Lipinski definition) is 2. The molecule has 2 aromatic heterocycles. The summed E-state index contributed by atoms with van der Waals surface area (Å²) in [5, 5.41) is 5.10. The number of ether oxygens (including phenoxy) is 1. The molecule has 8 nitrogen and oxygen atoms in total. The van der Waals surface area contributed by atoms with E-state index < -0.39 is 6.09 Å². The third-order valence-electron chi connectivity index (χ3n) is 4.82. The number of carbonyl (C=O) groups is 2. The third kappa shape index (κ3) is 5.29. The fourth-order valence-corrected chi connectivity index (χ4v) is 3.21. The monoisotopic (exact) mass is 371 g/mol.